The van der Waals surface area contributed by atoms with Gasteiger partial charge in [0.2, 0.25) is 0 Å². The molecule has 1 atom stereocenters. The summed E-state index contributed by atoms with van der Waals surface area (Å²) in [5.41, 5.74) is 10.1. The van der Waals surface area contributed by atoms with Crippen LogP contribution >= 0.6 is 0 Å². The predicted octanol–water partition coefficient (Wildman–Crippen LogP) is 3.20. The Morgan fingerprint density at radius 3 is 2.21 bits per heavy atom. The molecule has 0 fully saturated rings. The largest absolute Gasteiger partial charge is 0.467 e. The number of alkyl carbamates (subject to hydrolysis) is 1. The molecule has 0 unspecified atom stereocenters. The lowest BCUT2D eigenvalue weighted by atomic mass is 9.98. The molecule has 0 bridgehead atoms. The lowest BCUT2D eigenvalue weighted by Crippen LogP contribution is -2.42. The highest BCUT2D eigenvalue weighted by atomic mass is 16.6. The van der Waals surface area contributed by atoms with Gasteiger partial charge in [-0.25, -0.2) is 9.59 Å². The van der Waals surface area contributed by atoms with Gasteiger partial charge in [-0.1, -0.05) is 48.5 Å². The molecule has 2 aromatic carbocycles. The smallest absolute Gasteiger partial charge is 0.407 e. The molecule has 1 aliphatic carbocycles. The summed E-state index contributed by atoms with van der Waals surface area (Å²) in [5.74, 6) is -0.502. The van der Waals surface area contributed by atoms with Crippen LogP contribution in [0.5, 0.6) is 0 Å². The van der Waals surface area contributed by atoms with Crippen LogP contribution in [-0.2, 0) is 14.3 Å². The molecule has 6 heteroatoms. The Kier molecular flexibility index (Phi) is 6.66. The van der Waals surface area contributed by atoms with Crippen LogP contribution in [0.2, 0.25) is 0 Å². The van der Waals surface area contributed by atoms with Crippen LogP contribution in [-0.4, -0.2) is 38.4 Å². The fraction of sp³-hybridized carbons (Fsp3) is 0.364. The molecule has 0 saturated heterocycles. The van der Waals surface area contributed by atoms with E-state index in [2.05, 4.69) is 29.6 Å². The summed E-state index contributed by atoms with van der Waals surface area (Å²) in [6, 6.07) is 15.5. The SMILES string of the molecule is COC(=O)[C@@H](CCCCN)NC(=O)OCC1c2ccccc2-c2ccccc21. The van der Waals surface area contributed by atoms with Crippen molar-refractivity contribution in [1.82, 2.24) is 5.32 Å². The van der Waals surface area contributed by atoms with Gasteiger partial charge in [-0.15, -0.1) is 0 Å². The highest BCUT2D eigenvalue weighted by molar-refractivity contribution is 5.82. The number of hydrogen-bond donors (Lipinski definition) is 2. The summed E-state index contributed by atoms with van der Waals surface area (Å²) in [5, 5.41) is 2.62. The molecule has 3 N–H and O–H groups in total. The Morgan fingerprint density at radius 2 is 1.64 bits per heavy atom. The summed E-state index contributed by atoms with van der Waals surface area (Å²) < 4.78 is 10.3. The normalized spacial score (nSPS) is 13.4. The van der Waals surface area contributed by atoms with Crippen LogP contribution in [0.3, 0.4) is 0 Å². The second-order valence-corrected chi connectivity index (χ2v) is 6.83. The lowest BCUT2D eigenvalue weighted by Gasteiger charge is -2.18. The minimum Gasteiger partial charge on any atom is -0.467 e. The van der Waals surface area contributed by atoms with Crippen molar-refractivity contribution in [1.29, 1.82) is 0 Å². The van der Waals surface area contributed by atoms with E-state index < -0.39 is 18.1 Å². The van der Waals surface area contributed by atoms with E-state index >= 15 is 0 Å². The molecule has 1 amide bonds. The number of amides is 1. The van der Waals surface area contributed by atoms with Gasteiger partial charge in [-0.2, -0.15) is 0 Å². The molecule has 0 aromatic heterocycles. The molecule has 1 aliphatic rings. The minimum atomic E-state index is -0.729. The van der Waals surface area contributed by atoms with Crippen LogP contribution in [0.4, 0.5) is 4.79 Å². The Labute approximate surface area is 165 Å². The maximum Gasteiger partial charge on any atom is 0.407 e. The highest BCUT2D eigenvalue weighted by Crippen LogP contribution is 2.44. The number of carbonyl (C=O) groups is 2. The zero-order chi connectivity index (χ0) is 19.9. The van der Waals surface area contributed by atoms with E-state index in [4.69, 9.17) is 15.2 Å². The Morgan fingerprint density at radius 1 is 1.04 bits per heavy atom. The van der Waals surface area contributed by atoms with Crippen molar-refractivity contribution >= 4 is 12.1 Å². The summed E-state index contributed by atoms with van der Waals surface area (Å²) in [6.45, 7) is 0.745. The number of nitrogens with two attached hydrogens (primary N) is 1. The first-order chi connectivity index (χ1) is 13.7. The molecular formula is C22H26N2O4. The molecule has 0 radical (unpaired) electrons. The first-order valence-corrected chi connectivity index (χ1v) is 9.55. The second kappa shape index (κ2) is 9.37. The molecule has 3 rings (SSSR count). The fourth-order valence-electron chi connectivity index (χ4n) is 3.67. The summed E-state index contributed by atoms with van der Waals surface area (Å²) in [7, 11) is 1.30. The Bertz CT molecular complexity index is 791. The summed E-state index contributed by atoms with van der Waals surface area (Å²) in [6.07, 6.45) is 1.35. The van der Waals surface area contributed by atoms with Gasteiger partial charge in [0.15, 0.2) is 0 Å². The van der Waals surface area contributed by atoms with E-state index in [9.17, 15) is 9.59 Å². The van der Waals surface area contributed by atoms with Crippen molar-refractivity contribution in [2.75, 3.05) is 20.3 Å². The minimum absolute atomic E-state index is 0.0213. The monoisotopic (exact) mass is 382 g/mol. The maximum atomic E-state index is 12.3. The van der Waals surface area contributed by atoms with Crippen LogP contribution in [0.15, 0.2) is 48.5 Å². The zero-order valence-corrected chi connectivity index (χ0v) is 16.0. The zero-order valence-electron chi connectivity index (χ0n) is 16.0. The van der Waals surface area contributed by atoms with Gasteiger partial charge in [0.05, 0.1) is 7.11 Å². The third-order valence-corrected chi connectivity index (χ3v) is 5.07. The van der Waals surface area contributed by atoms with Gasteiger partial charge in [0, 0.05) is 5.92 Å². The van der Waals surface area contributed by atoms with Crippen molar-refractivity contribution in [3.63, 3.8) is 0 Å². The summed E-state index contributed by atoms with van der Waals surface area (Å²) >= 11 is 0. The van der Waals surface area contributed by atoms with E-state index in [1.165, 1.54) is 18.2 Å². The van der Waals surface area contributed by atoms with E-state index in [1.54, 1.807) is 0 Å². The van der Waals surface area contributed by atoms with Crippen molar-refractivity contribution in [3.05, 3.63) is 59.7 Å². The average Bonchev–Trinajstić information content (AvgIpc) is 3.05. The molecule has 28 heavy (non-hydrogen) atoms. The topological polar surface area (TPSA) is 90.6 Å². The van der Waals surface area contributed by atoms with Gasteiger partial charge < -0.3 is 20.5 Å². The highest BCUT2D eigenvalue weighted by Gasteiger charge is 2.29. The Balaban J connectivity index is 1.64. The number of rotatable bonds is 8. The van der Waals surface area contributed by atoms with E-state index in [1.807, 2.05) is 24.3 Å². The molecule has 6 nitrogen and oxygen atoms in total. The molecule has 2 aromatic rings. The number of fused-ring (bicyclic) bond motifs is 3. The van der Waals surface area contributed by atoms with Crippen LogP contribution < -0.4 is 11.1 Å². The number of hydrogen-bond acceptors (Lipinski definition) is 5. The molecule has 0 spiro atoms. The number of benzene rings is 2. The lowest BCUT2D eigenvalue weighted by molar-refractivity contribution is -0.143. The van der Waals surface area contributed by atoms with Gasteiger partial charge in [-0.3, -0.25) is 0 Å². The molecule has 0 heterocycles. The molecule has 0 saturated carbocycles. The second-order valence-electron chi connectivity index (χ2n) is 6.83. The number of ether oxygens (including phenoxy) is 2. The van der Waals surface area contributed by atoms with Crippen LogP contribution in [0.1, 0.15) is 36.3 Å². The first kappa shape index (κ1) is 19.9. The van der Waals surface area contributed by atoms with Crippen molar-refractivity contribution < 1.29 is 19.1 Å². The number of nitrogens with one attached hydrogen (secondary N) is 1. The quantitative estimate of drug-likeness (QED) is 0.540. The maximum absolute atomic E-state index is 12.3. The van der Waals surface area contributed by atoms with Crippen LogP contribution in [0, 0.1) is 0 Å². The van der Waals surface area contributed by atoms with E-state index in [0.29, 0.717) is 13.0 Å². The number of methoxy groups -OCH3 is 1. The average molecular weight is 382 g/mol. The van der Waals surface area contributed by atoms with Crippen molar-refractivity contribution in [3.8, 4) is 11.1 Å². The van der Waals surface area contributed by atoms with E-state index in [-0.39, 0.29) is 12.5 Å². The Hall–Kier alpha value is -2.86. The van der Waals surface area contributed by atoms with Crippen LogP contribution in [0.25, 0.3) is 11.1 Å². The van der Waals surface area contributed by atoms with E-state index in [0.717, 1.165) is 24.0 Å². The first-order valence-electron chi connectivity index (χ1n) is 9.55. The fourth-order valence-corrected chi connectivity index (χ4v) is 3.67. The van der Waals surface area contributed by atoms with Crippen molar-refractivity contribution in [2.45, 2.75) is 31.2 Å². The van der Waals surface area contributed by atoms with Gasteiger partial charge in [0.1, 0.15) is 12.6 Å². The molecular weight excluding hydrogens is 356 g/mol. The third-order valence-electron chi connectivity index (χ3n) is 5.07. The van der Waals surface area contributed by atoms with Gasteiger partial charge >= 0.3 is 12.1 Å². The van der Waals surface area contributed by atoms with Crippen molar-refractivity contribution in [2.24, 2.45) is 5.73 Å². The van der Waals surface area contributed by atoms with Gasteiger partial charge in [0.25, 0.3) is 0 Å². The standard InChI is InChI=1S/C22H26N2O4/c1-27-21(25)20(12-6-7-13-23)24-22(26)28-14-19-17-10-4-2-8-15(17)16-9-3-5-11-18(16)19/h2-5,8-11,19-20H,6-7,12-14,23H2,1H3,(H,24,26)/t20-/m1/s1. The molecule has 148 valence electrons. The number of esters is 1. The van der Waals surface area contributed by atoms with Gasteiger partial charge in [-0.05, 0) is 48.1 Å². The predicted molar refractivity (Wildman–Crippen MR) is 107 cm³/mol. The summed E-state index contributed by atoms with van der Waals surface area (Å²) in [4.78, 5) is 24.2. The number of unbranched alkanes of at least 4 members (excludes halogenated alkanes) is 1. The molecule has 0 aliphatic heterocycles. The number of carbonyl (C=O) groups excluding carboxylic acids is 2. The third kappa shape index (κ3) is 4.34.